The molecule has 2 aliphatic heterocycles. The molecule has 3 aromatic rings. The van der Waals surface area contributed by atoms with E-state index in [1.165, 1.54) is 31.0 Å². The van der Waals surface area contributed by atoms with E-state index >= 15 is 0 Å². The minimum atomic E-state index is -1.49. The van der Waals surface area contributed by atoms with Gasteiger partial charge in [-0.15, -0.1) is 0 Å². The fourth-order valence-electron chi connectivity index (χ4n) is 5.40. The summed E-state index contributed by atoms with van der Waals surface area (Å²) in [4.78, 5) is 11.4. The van der Waals surface area contributed by atoms with Gasteiger partial charge in [-0.2, -0.15) is 4.98 Å². The van der Waals surface area contributed by atoms with E-state index in [1.807, 2.05) is 30.3 Å². The first-order valence-electron chi connectivity index (χ1n) is 12.8. The van der Waals surface area contributed by atoms with Gasteiger partial charge in [0.1, 0.15) is 5.02 Å². The molecule has 2 aliphatic rings. The maximum atomic E-state index is 6.76. The summed E-state index contributed by atoms with van der Waals surface area (Å²) in [5, 5.41) is 12.5. The van der Waals surface area contributed by atoms with Crippen molar-refractivity contribution in [2.75, 3.05) is 55.0 Å². The summed E-state index contributed by atoms with van der Waals surface area (Å²) < 4.78 is 0. The van der Waals surface area contributed by atoms with E-state index in [0.717, 1.165) is 48.3 Å². The van der Waals surface area contributed by atoms with Gasteiger partial charge in [-0.1, -0.05) is 54.6 Å². The Morgan fingerprint density at radius 3 is 2.41 bits per heavy atom. The summed E-state index contributed by atoms with van der Waals surface area (Å²) in [6, 6.07) is 14.2. The maximum Gasteiger partial charge on any atom is 0.229 e. The van der Waals surface area contributed by atoms with Gasteiger partial charge < -0.3 is 20.9 Å². The Morgan fingerprint density at radius 2 is 1.70 bits per heavy atom. The molecule has 6 nitrogen and oxygen atoms in total. The minimum Gasteiger partial charge on any atom is -0.370 e. The molecule has 1 spiro atoms. The Balaban J connectivity index is 1.29. The SMILES string of the molecule is C=P(C)(C)c1ccccc1Nc1nc(Nc2ccc(N3CCC4(CCNCC4)CC3)c(Cl)c2)ncc1Cl. The Labute approximate surface area is 230 Å². The molecule has 2 saturated heterocycles. The fourth-order valence-corrected chi connectivity index (χ4v) is 7.11. The third kappa shape index (κ3) is 6.09. The average molecular weight is 558 g/mol. The third-order valence-corrected chi connectivity index (χ3v) is 9.86. The molecule has 0 unspecified atom stereocenters. The van der Waals surface area contributed by atoms with Crippen LogP contribution >= 0.6 is 30.1 Å². The Morgan fingerprint density at radius 1 is 0.973 bits per heavy atom. The molecule has 0 radical (unpaired) electrons. The molecule has 0 amide bonds. The molecule has 9 heteroatoms. The number of nitrogens with zero attached hydrogens (tertiary/aromatic N) is 3. The maximum absolute atomic E-state index is 6.76. The average Bonchev–Trinajstić information content (AvgIpc) is 2.87. The first kappa shape index (κ1) is 26.4. The monoisotopic (exact) mass is 556 g/mol. The second-order valence-corrected chi connectivity index (χ2v) is 15.4. The topological polar surface area (TPSA) is 65.1 Å². The van der Waals surface area contributed by atoms with Crippen LogP contribution in [-0.4, -0.2) is 55.8 Å². The summed E-state index contributed by atoms with van der Waals surface area (Å²) in [5.41, 5.74) is 3.40. The largest absolute Gasteiger partial charge is 0.370 e. The predicted molar refractivity (Wildman–Crippen MR) is 163 cm³/mol. The van der Waals surface area contributed by atoms with Crippen molar-refractivity contribution in [1.29, 1.82) is 0 Å². The number of nitrogens with one attached hydrogen (secondary N) is 3. The molecule has 3 N–H and O–H groups in total. The highest BCUT2D eigenvalue weighted by atomic mass is 35.5. The Bertz CT molecular complexity index is 1310. The molecule has 2 fully saturated rings. The lowest BCUT2D eigenvalue weighted by Crippen LogP contribution is -2.45. The van der Waals surface area contributed by atoms with Gasteiger partial charge >= 0.3 is 0 Å². The van der Waals surface area contributed by atoms with Crippen LogP contribution in [0.3, 0.4) is 0 Å². The van der Waals surface area contributed by atoms with E-state index in [2.05, 4.69) is 62.6 Å². The van der Waals surface area contributed by atoms with Crippen molar-refractivity contribution in [3.05, 3.63) is 58.7 Å². The molecule has 0 atom stereocenters. The number of hydrogen-bond donors (Lipinski definition) is 3. The van der Waals surface area contributed by atoms with Gasteiger partial charge in [-0.3, -0.25) is 0 Å². The zero-order valence-electron chi connectivity index (χ0n) is 21.5. The van der Waals surface area contributed by atoms with E-state index in [9.17, 15) is 0 Å². The molecule has 0 aliphatic carbocycles. The van der Waals surface area contributed by atoms with Crippen molar-refractivity contribution in [1.82, 2.24) is 15.3 Å². The molecule has 0 saturated carbocycles. The van der Waals surface area contributed by atoms with Crippen LogP contribution in [-0.2, 0) is 0 Å². The zero-order valence-corrected chi connectivity index (χ0v) is 23.9. The van der Waals surface area contributed by atoms with Crippen molar-refractivity contribution in [2.24, 2.45) is 5.41 Å². The Kier molecular flexibility index (Phi) is 7.74. The number of rotatable bonds is 6. The zero-order chi connectivity index (χ0) is 26.0. The Hall–Kier alpha value is -2.24. The lowest BCUT2D eigenvalue weighted by atomic mass is 9.71. The van der Waals surface area contributed by atoms with E-state index in [4.69, 9.17) is 23.2 Å². The molecule has 5 rings (SSSR count). The van der Waals surface area contributed by atoms with Crippen molar-refractivity contribution < 1.29 is 0 Å². The number of benzene rings is 2. The lowest BCUT2D eigenvalue weighted by Gasteiger charge is -2.45. The van der Waals surface area contributed by atoms with Gasteiger partial charge in [-0.25, -0.2) is 4.98 Å². The number of hydrogen-bond acceptors (Lipinski definition) is 6. The molecular formula is C28H35Cl2N6P. The van der Waals surface area contributed by atoms with E-state index in [0.29, 0.717) is 22.2 Å². The normalized spacial score (nSPS) is 17.6. The summed E-state index contributed by atoms with van der Waals surface area (Å²) in [6.07, 6.45) is 11.0. The van der Waals surface area contributed by atoms with Gasteiger partial charge in [0.2, 0.25) is 5.95 Å². The molecule has 1 aromatic heterocycles. The van der Waals surface area contributed by atoms with Gasteiger partial charge in [0.15, 0.2) is 5.82 Å². The summed E-state index contributed by atoms with van der Waals surface area (Å²) in [6.45, 7) is 7.27. The first-order chi connectivity index (χ1) is 17.7. The standard InChI is InChI=1S/C28H35Cl2N6P/c1-37(2,3)25-7-5-4-6-23(25)34-26-22(30)19-32-27(35-26)33-20-8-9-24(21(29)18-20)36-16-12-28(13-17-36)10-14-31-15-11-28/h4-9,18-19,31H,1,10-17H2,2-3H3,(H2,32,33,34,35). The van der Waals surface area contributed by atoms with Crippen LogP contribution in [0.5, 0.6) is 0 Å². The summed E-state index contributed by atoms with van der Waals surface area (Å²) in [7, 11) is 0. The number of anilines is 5. The molecule has 0 bridgehead atoms. The second kappa shape index (κ2) is 10.9. The van der Waals surface area contributed by atoms with Crippen molar-refractivity contribution >= 4 is 70.5 Å². The van der Waals surface area contributed by atoms with Crippen LogP contribution in [0.2, 0.25) is 10.0 Å². The highest BCUT2D eigenvalue weighted by Crippen LogP contribution is 2.42. The first-order valence-corrected chi connectivity index (χ1v) is 16.4. The number of piperidine rings is 2. The van der Waals surface area contributed by atoms with Gasteiger partial charge in [-0.05, 0) is 87.1 Å². The molecular weight excluding hydrogens is 522 g/mol. The molecule has 196 valence electrons. The van der Waals surface area contributed by atoms with Crippen molar-refractivity contribution in [3.63, 3.8) is 0 Å². The van der Waals surface area contributed by atoms with Crippen LogP contribution in [0.15, 0.2) is 48.7 Å². The van der Waals surface area contributed by atoms with Crippen LogP contribution < -0.4 is 26.2 Å². The minimum absolute atomic E-state index is 0.447. The fraction of sp³-hybridized carbons (Fsp3) is 0.393. The highest BCUT2D eigenvalue weighted by molar-refractivity contribution is 7.79. The summed E-state index contributed by atoms with van der Waals surface area (Å²) in [5.74, 6) is 0.991. The summed E-state index contributed by atoms with van der Waals surface area (Å²) >= 11 is 13.2. The number of halogens is 2. The number of para-hydroxylation sites is 1. The van der Waals surface area contributed by atoms with E-state index in [1.54, 1.807) is 6.20 Å². The van der Waals surface area contributed by atoms with Crippen LogP contribution in [0, 0.1) is 5.41 Å². The lowest BCUT2D eigenvalue weighted by molar-refractivity contribution is 0.155. The van der Waals surface area contributed by atoms with Gasteiger partial charge in [0, 0.05) is 24.5 Å². The molecule has 2 aromatic carbocycles. The molecule has 37 heavy (non-hydrogen) atoms. The van der Waals surface area contributed by atoms with Crippen molar-refractivity contribution in [3.8, 4) is 0 Å². The van der Waals surface area contributed by atoms with E-state index < -0.39 is 6.89 Å². The van der Waals surface area contributed by atoms with E-state index in [-0.39, 0.29) is 0 Å². The second-order valence-electron chi connectivity index (χ2n) is 10.7. The van der Waals surface area contributed by atoms with Crippen LogP contribution in [0.25, 0.3) is 0 Å². The van der Waals surface area contributed by atoms with Crippen LogP contribution in [0.4, 0.5) is 28.8 Å². The predicted octanol–water partition coefficient (Wildman–Crippen LogP) is 6.58. The highest BCUT2D eigenvalue weighted by Gasteiger charge is 2.35. The quantitative estimate of drug-likeness (QED) is 0.298. The van der Waals surface area contributed by atoms with Gasteiger partial charge in [0.05, 0.1) is 16.9 Å². The third-order valence-electron chi connectivity index (χ3n) is 7.59. The molecule has 3 heterocycles. The van der Waals surface area contributed by atoms with Gasteiger partial charge in [0.25, 0.3) is 0 Å². The van der Waals surface area contributed by atoms with Crippen molar-refractivity contribution in [2.45, 2.75) is 25.7 Å². The van der Waals surface area contributed by atoms with Crippen LogP contribution in [0.1, 0.15) is 25.7 Å². The number of aromatic nitrogens is 2. The smallest absolute Gasteiger partial charge is 0.229 e.